The van der Waals surface area contributed by atoms with Gasteiger partial charge < -0.3 is 9.47 Å². The second-order valence-electron chi connectivity index (χ2n) is 4.82. The van der Waals surface area contributed by atoms with Crippen molar-refractivity contribution < 1.29 is 28.7 Å². The van der Waals surface area contributed by atoms with Crippen molar-refractivity contribution in [1.29, 1.82) is 0 Å². The van der Waals surface area contributed by atoms with Crippen LogP contribution in [0.15, 0.2) is 0 Å². The molecule has 0 bridgehead atoms. The maximum Gasteiger partial charge on any atom is 0.327 e. The average molecular weight is 284 g/mol. The van der Waals surface area contributed by atoms with E-state index in [1.807, 2.05) is 0 Å². The first-order valence-corrected chi connectivity index (χ1v) is 6.44. The van der Waals surface area contributed by atoms with Crippen LogP contribution >= 0.6 is 0 Å². The number of unbranched alkanes of at least 4 members (excludes halogenated alkanes) is 1. The summed E-state index contributed by atoms with van der Waals surface area (Å²) in [5.74, 6) is -2.09. The number of nitrogens with zero attached hydrogens (tertiary/aromatic N) is 2. The number of carbonyl (C=O) groups is 4. The third-order valence-corrected chi connectivity index (χ3v) is 3.06. The minimum absolute atomic E-state index is 0.125. The Balaban J connectivity index is 1.64. The van der Waals surface area contributed by atoms with E-state index in [0.717, 1.165) is 12.8 Å². The van der Waals surface area contributed by atoms with Gasteiger partial charge in [-0.15, -0.1) is 0 Å². The van der Waals surface area contributed by atoms with Gasteiger partial charge in [0.25, 0.3) is 0 Å². The molecule has 0 saturated carbocycles. The molecule has 2 saturated heterocycles. The highest BCUT2D eigenvalue weighted by Gasteiger charge is 2.25. The predicted octanol–water partition coefficient (Wildman–Crippen LogP) is -1.46. The van der Waals surface area contributed by atoms with Crippen LogP contribution in [0.3, 0.4) is 0 Å². The molecular formula is C12H16N2O6. The van der Waals surface area contributed by atoms with Gasteiger partial charge in [-0.25, -0.2) is 0 Å². The van der Waals surface area contributed by atoms with Crippen molar-refractivity contribution in [3.05, 3.63) is 0 Å². The molecule has 0 aromatic rings. The fourth-order valence-corrected chi connectivity index (χ4v) is 2.21. The van der Waals surface area contributed by atoms with E-state index in [1.165, 1.54) is 0 Å². The van der Waals surface area contributed by atoms with Crippen LogP contribution in [0.2, 0.25) is 0 Å². The third-order valence-electron chi connectivity index (χ3n) is 3.06. The van der Waals surface area contributed by atoms with Crippen LogP contribution in [-0.4, -0.2) is 72.9 Å². The van der Waals surface area contributed by atoms with Gasteiger partial charge in [0.05, 0.1) is 26.2 Å². The number of carbonyl (C=O) groups excluding carboxylic acids is 4. The lowest BCUT2D eigenvalue weighted by molar-refractivity contribution is -0.168. The quantitative estimate of drug-likeness (QED) is 0.343. The molecular weight excluding hydrogens is 268 g/mol. The number of hydrogen-bond donors (Lipinski definition) is 0. The Morgan fingerprint density at radius 1 is 0.650 bits per heavy atom. The van der Waals surface area contributed by atoms with Crippen molar-refractivity contribution in [2.45, 2.75) is 12.8 Å². The maximum atomic E-state index is 11.1. The zero-order chi connectivity index (χ0) is 14.5. The Labute approximate surface area is 115 Å². The second-order valence-corrected chi connectivity index (χ2v) is 4.82. The Bertz CT molecular complexity index is 364. The lowest BCUT2D eigenvalue weighted by Gasteiger charge is -2.26. The number of morpholine rings is 2. The monoisotopic (exact) mass is 284 g/mol. The van der Waals surface area contributed by atoms with Gasteiger partial charge in [0, 0.05) is 0 Å². The van der Waals surface area contributed by atoms with Gasteiger partial charge >= 0.3 is 23.9 Å². The van der Waals surface area contributed by atoms with Crippen LogP contribution in [-0.2, 0) is 28.7 Å². The molecule has 0 unspecified atom stereocenters. The number of hydrogen-bond acceptors (Lipinski definition) is 8. The molecule has 0 atom stereocenters. The van der Waals surface area contributed by atoms with Crippen LogP contribution in [0.1, 0.15) is 12.8 Å². The van der Waals surface area contributed by atoms with Gasteiger partial charge in [0.15, 0.2) is 0 Å². The molecule has 110 valence electrons. The van der Waals surface area contributed by atoms with Gasteiger partial charge in [-0.05, 0) is 25.9 Å². The van der Waals surface area contributed by atoms with Crippen LogP contribution in [0.5, 0.6) is 0 Å². The standard InChI is InChI=1S/C12H16N2O6/c15-9-5-13(6-10(16)19-9)3-1-2-4-14-7-11(17)20-12(18)8-14/h1-8H2. The molecule has 0 aliphatic carbocycles. The number of cyclic esters (lactones) is 4. The summed E-state index contributed by atoms with van der Waals surface area (Å²) in [6, 6.07) is 0. The van der Waals surface area contributed by atoms with E-state index >= 15 is 0 Å². The first kappa shape index (κ1) is 14.6. The second kappa shape index (κ2) is 6.58. The number of rotatable bonds is 5. The van der Waals surface area contributed by atoms with E-state index in [1.54, 1.807) is 9.80 Å². The maximum absolute atomic E-state index is 11.1. The number of esters is 4. The largest absolute Gasteiger partial charge is 0.391 e. The van der Waals surface area contributed by atoms with E-state index in [4.69, 9.17) is 0 Å². The van der Waals surface area contributed by atoms with Gasteiger partial charge in [-0.2, -0.15) is 0 Å². The molecule has 0 radical (unpaired) electrons. The van der Waals surface area contributed by atoms with E-state index in [0.29, 0.717) is 13.1 Å². The molecule has 0 amide bonds. The third kappa shape index (κ3) is 4.39. The summed E-state index contributed by atoms with van der Waals surface area (Å²) in [7, 11) is 0. The van der Waals surface area contributed by atoms with Gasteiger partial charge in [0.2, 0.25) is 0 Å². The summed E-state index contributed by atoms with van der Waals surface area (Å²) in [6.07, 6.45) is 1.53. The van der Waals surface area contributed by atoms with E-state index in [-0.39, 0.29) is 26.2 Å². The summed E-state index contributed by atoms with van der Waals surface area (Å²) >= 11 is 0. The van der Waals surface area contributed by atoms with Crippen molar-refractivity contribution >= 4 is 23.9 Å². The summed E-state index contributed by atoms with van der Waals surface area (Å²) < 4.78 is 8.85. The molecule has 2 rings (SSSR count). The predicted molar refractivity (Wildman–Crippen MR) is 64.3 cm³/mol. The molecule has 2 heterocycles. The van der Waals surface area contributed by atoms with E-state index in [2.05, 4.69) is 9.47 Å². The highest BCUT2D eigenvalue weighted by Crippen LogP contribution is 2.05. The van der Waals surface area contributed by atoms with E-state index < -0.39 is 23.9 Å². The first-order chi connectivity index (χ1) is 9.52. The molecule has 2 fully saturated rings. The Hall–Kier alpha value is -1.80. The zero-order valence-corrected chi connectivity index (χ0v) is 11.0. The lowest BCUT2D eigenvalue weighted by Crippen LogP contribution is -2.44. The fraction of sp³-hybridized carbons (Fsp3) is 0.667. The molecule has 0 aromatic heterocycles. The van der Waals surface area contributed by atoms with Crippen LogP contribution in [0.4, 0.5) is 0 Å². The normalized spacial score (nSPS) is 21.8. The summed E-state index contributed by atoms with van der Waals surface area (Å²) in [5, 5.41) is 0. The SMILES string of the molecule is O=C1CN(CCCCN2CC(=O)OC(=O)C2)CC(=O)O1. The summed E-state index contributed by atoms with van der Waals surface area (Å²) in [4.78, 5) is 47.7. The van der Waals surface area contributed by atoms with Crippen molar-refractivity contribution in [3.63, 3.8) is 0 Å². The first-order valence-electron chi connectivity index (χ1n) is 6.44. The zero-order valence-electron chi connectivity index (χ0n) is 11.0. The van der Waals surface area contributed by atoms with Crippen LogP contribution < -0.4 is 0 Å². The molecule has 8 heteroatoms. The molecule has 20 heavy (non-hydrogen) atoms. The smallest absolute Gasteiger partial charge is 0.327 e. The Morgan fingerprint density at radius 2 is 0.950 bits per heavy atom. The molecule has 2 aliphatic heterocycles. The topological polar surface area (TPSA) is 93.2 Å². The van der Waals surface area contributed by atoms with E-state index in [9.17, 15) is 19.2 Å². The molecule has 0 aromatic carbocycles. The average Bonchev–Trinajstić information content (AvgIpc) is 2.32. The lowest BCUT2D eigenvalue weighted by atomic mass is 10.2. The molecule has 8 nitrogen and oxygen atoms in total. The van der Waals surface area contributed by atoms with Gasteiger partial charge in [0.1, 0.15) is 0 Å². The molecule has 0 spiro atoms. The summed E-state index contributed by atoms with van der Waals surface area (Å²) in [5.41, 5.74) is 0. The highest BCUT2D eigenvalue weighted by molar-refractivity contribution is 5.90. The minimum Gasteiger partial charge on any atom is -0.391 e. The van der Waals surface area contributed by atoms with Crippen LogP contribution in [0.25, 0.3) is 0 Å². The van der Waals surface area contributed by atoms with Crippen molar-refractivity contribution in [1.82, 2.24) is 9.80 Å². The van der Waals surface area contributed by atoms with Crippen molar-refractivity contribution in [3.8, 4) is 0 Å². The Kier molecular flexibility index (Phi) is 4.80. The molecule has 2 aliphatic rings. The van der Waals surface area contributed by atoms with Crippen LogP contribution in [0, 0.1) is 0 Å². The minimum atomic E-state index is -0.523. The van der Waals surface area contributed by atoms with Crippen molar-refractivity contribution in [2.24, 2.45) is 0 Å². The van der Waals surface area contributed by atoms with Gasteiger partial charge in [-0.3, -0.25) is 29.0 Å². The number of ether oxygens (including phenoxy) is 2. The van der Waals surface area contributed by atoms with Gasteiger partial charge in [-0.1, -0.05) is 0 Å². The van der Waals surface area contributed by atoms with Crippen molar-refractivity contribution in [2.75, 3.05) is 39.3 Å². The molecule has 0 N–H and O–H groups in total. The highest BCUT2D eigenvalue weighted by atomic mass is 16.6. The summed E-state index contributed by atoms with van der Waals surface area (Å²) in [6.45, 7) is 1.71. The Morgan fingerprint density at radius 3 is 1.25 bits per heavy atom. The fourth-order valence-electron chi connectivity index (χ4n) is 2.21.